The van der Waals surface area contributed by atoms with Gasteiger partial charge in [-0.05, 0) is 6.92 Å². The Morgan fingerprint density at radius 1 is 1.50 bits per heavy atom. The van der Waals surface area contributed by atoms with Crippen LogP contribution >= 0.6 is 0 Å². The van der Waals surface area contributed by atoms with Crippen LogP contribution in [0.3, 0.4) is 0 Å². The first-order valence-electron chi connectivity index (χ1n) is 3.86. The normalized spacial score (nSPS) is 11.1. The van der Waals surface area contributed by atoms with Crippen LogP contribution in [0, 0.1) is 12.3 Å². The van der Waals surface area contributed by atoms with Gasteiger partial charge in [-0.25, -0.2) is 9.97 Å². The van der Waals surface area contributed by atoms with Crippen molar-refractivity contribution in [2.24, 2.45) is 11.5 Å². The van der Waals surface area contributed by atoms with Crippen molar-refractivity contribution < 1.29 is 4.74 Å². The molecule has 0 unspecified atom stereocenters. The molecule has 0 saturated heterocycles. The Balaban J connectivity index is 2.78. The number of hydrogen-bond acceptors (Lipinski definition) is 5. The third-order valence-corrected chi connectivity index (χ3v) is 1.40. The van der Waals surface area contributed by atoms with Crippen molar-refractivity contribution in [3.63, 3.8) is 0 Å². The average Bonchev–Trinajstić information content (AvgIpc) is 2.16. The summed E-state index contributed by atoms with van der Waals surface area (Å²) in [6.45, 7) is 1.76. The van der Waals surface area contributed by atoms with Gasteiger partial charge in [-0.1, -0.05) is 0 Å². The fourth-order valence-electron chi connectivity index (χ4n) is 0.739. The van der Waals surface area contributed by atoms with Crippen LogP contribution in [-0.4, -0.2) is 15.8 Å². The van der Waals surface area contributed by atoms with E-state index in [-0.39, 0.29) is 11.6 Å². The lowest BCUT2D eigenvalue weighted by Crippen LogP contribution is -2.18. The van der Waals surface area contributed by atoms with E-state index in [0.29, 0.717) is 11.6 Å². The van der Waals surface area contributed by atoms with E-state index >= 15 is 0 Å². The molecule has 14 heavy (non-hydrogen) atoms. The average molecular weight is 193 g/mol. The number of nitrogens with one attached hydrogen (secondary N) is 1. The van der Waals surface area contributed by atoms with Gasteiger partial charge in [0.25, 0.3) is 0 Å². The maximum atomic E-state index is 7.11. The molecule has 0 bridgehead atoms. The number of aromatic nitrogens is 2. The van der Waals surface area contributed by atoms with Crippen LogP contribution < -0.4 is 16.2 Å². The van der Waals surface area contributed by atoms with Crippen LogP contribution in [0.15, 0.2) is 24.4 Å². The highest BCUT2D eigenvalue weighted by molar-refractivity contribution is 5.92. The van der Waals surface area contributed by atoms with Crippen molar-refractivity contribution in [1.82, 2.24) is 9.97 Å². The van der Waals surface area contributed by atoms with Crippen molar-refractivity contribution in [2.75, 3.05) is 0 Å². The molecule has 0 radical (unpaired) electrons. The molecule has 1 aromatic rings. The first kappa shape index (κ1) is 9.97. The summed E-state index contributed by atoms with van der Waals surface area (Å²) in [7, 11) is 0. The molecular formula is C8H11N5O. The van der Waals surface area contributed by atoms with Crippen molar-refractivity contribution in [1.29, 1.82) is 5.41 Å². The smallest absolute Gasteiger partial charge is 0.184 e. The molecule has 0 aliphatic rings. The molecule has 5 N–H and O–H groups in total. The molecule has 1 rings (SSSR count). The zero-order valence-corrected chi connectivity index (χ0v) is 7.69. The first-order chi connectivity index (χ1) is 6.63. The van der Waals surface area contributed by atoms with Gasteiger partial charge >= 0.3 is 0 Å². The Kier molecular flexibility index (Phi) is 3.01. The van der Waals surface area contributed by atoms with Crippen molar-refractivity contribution in [3.05, 3.63) is 30.2 Å². The zero-order valence-electron chi connectivity index (χ0n) is 7.69. The number of amidine groups is 1. The van der Waals surface area contributed by atoms with E-state index in [2.05, 4.69) is 9.97 Å². The topological polar surface area (TPSA) is 111 Å². The van der Waals surface area contributed by atoms with Crippen LogP contribution in [0.25, 0.3) is 0 Å². The third kappa shape index (κ3) is 2.44. The van der Waals surface area contributed by atoms with Gasteiger partial charge in [-0.15, -0.1) is 0 Å². The fourth-order valence-corrected chi connectivity index (χ4v) is 0.739. The Hall–Kier alpha value is -2.11. The summed E-state index contributed by atoms with van der Waals surface area (Å²) in [6.07, 6.45) is 4.08. The SMILES string of the molecule is Cc1ncc(O/C(=C/N)C(=N)N)cn1. The molecule has 6 heteroatoms. The molecule has 1 aromatic heterocycles. The molecule has 0 atom stereocenters. The number of ether oxygens (including phenoxy) is 1. The van der Waals surface area contributed by atoms with Gasteiger partial charge in [0.05, 0.1) is 12.4 Å². The molecule has 0 fully saturated rings. The predicted molar refractivity (Wildman–Crippen MR) is 51.6 cm³/mol. The number of rotatable bonds is 3. The van der Waals surface area contributed by atoms with E-state index in [4.69, 9.17) is 21.6 Å². The van der Waals surface area contributed by atoms with E-state index < -0.39 is 0 Å². The Morgan fingerprint density at radius 2 is 2.07 bits per heavy atom. The summed E-state index contributed by atoms with van der Waals surface area (Å²) in [5, 5.41) is 7.11. The highest BCUT2D eigenvalue weighted by Crippen LogP contribution is 2.09. The lowest BCUT2D eigenvalue weighted by atomic mass is 10.5. The number of hydrogen-bond donors (Lipinski definition) is 3. The second kappa shape index (κ2) is 4.22. The second-order valence-electron chi connectivity index (χ2n) is 2.51. The lowest BCUT2D eigenvalue weighted by molar-refractivity contribution is 0.445. The Bertz CT molecular complexity index is 356. The second-order valence-corrected chi connectivity index (χ2v) is 2.51. The highest BCUT2D eigenvalue weighted by atomic mass is 16.5. The van der Waals surface area contributed by atoms with Gasteiger partial charge in [-0.2, -0.15) is 0 Å². The predicted octanol–water partition coefficient (Wildman–Crippen LogP) is -0.100. The van der Waals surface area contributed by atoms with E-state index in [1.54, 1.807) is 6.92 Å². The summed E-state index contributed by atoms with van der Waals surface area (Å²) in [4.78, 5) is 7.82. The standard InChI is InChI=1S/C8H11N5O/c1-5-12-3-6(4-13-5)14-7(2-9)8(10)11/h2-4H,9H2,1H3,(H3,10,11)/b7-2+. The largest absolute Gasteiger partial charge is 0.449 e. The van der Waals surface area contributed by atoms with Gasteiger partial charge in [0.15, 0.2) is 17.3 Å². The minimum atomic E-state index is -0.243. The van der Waals surface area contributed by atoms with Crippen molar-refractivity contribution in [2.45, 2.75) is 6.92 Å². The zero-order chi connectivity index (χ0) is 10.6. The maximum absolute atomic E-state index is 7.11. The summed E-state index contributed by atoms with van der Waals surface area (Å²) in [6, 6.07) is 0. The molecule has 0 amide bonds. The van der Waals surface area contributed by atoms with Crippen molar-refractivity contribution >= 4 is 5.84 Å². The molecule has 0 aliphatic heterocycles. The molecular weight excluding hydrogens is 182 g/mol. The van der Waals surface area contributed by atoms with Gasteiger partial charge < -0.3 is 16.2 Å². The highest BCUT2D eigenvalue weighted by Gasteiger charge is 2.03. The molecule has 0 aliphatic carbocycles. The van der Waals surface area contributed by atoms with Crippen LogP contribution in [0.4, 0.5) is 0 Å². The first-order valence-corrected chi connectivity index (χ1v) is 3.86. The summed E-state index contributed by atoms with van der Waals surface area (Å²) < 4.78 is 5.14. The maximum Gasteiger partial charge on any atom is 0.184 e. The van der Waals surface area contributed by atoms with Gasteiger partial charge in [0, 0.05) is 6.20 Å². The van der Waals surface area contributed by atoms with Crippen LogP contribution in [0.5, 0.6) is 5.75 Å². The molecule has 1 heterocycles. The lowest BCUT2D eigenvalue weighted by Gasteiger charge is -2.06. The molecule has 6 nitrogen and oxygen atoms in total. The number of nitrogens with zero attached hydrogens (tertiary/aromatic N) is 2. The number of aryl methyl sites for hydroxylation is 1. The summed E-state index contributed by atoms with van der Waals surface area (Å²) in [5.74, 6) is 0.867. The fraction of sp³-hybridized carbons (Fsp3) is 0.125. The van der Waals surface area contributed by atoms with Crippen LogP contribution in [0.2, 0.25) is 0 Å². The minimum absolute atomic E-state index is 0.0810. The molecule has 74 valence electrons. The Morgan fingerprint density at radius 3 is 2.50 bits per heavy atom. The van der Waals surface area contributed by atoms with Gasteiger partial charge in [0.1, 0.15) is 5.82 Å². The monoisotopic (exact) mass is 193 g/mol. The van der Waals surface area contributed by atoms with Gasteiger partial charge in [-0.3, -0.25) is 5.41 Å². The van der Waals surface area contributed by atoms with Crippen molar-refractivity contribution in [3.8, 4) is 5.75 Å². The molecule has 0 saturated carbocycles. The summed E-state index contributed by atoms with van der Waals surface area (Å²) >= 11 is 0. The van der Waals surface area contributed by atoms with E-state index in [1.807, 2.05) is 0 Å². The van der Waals surface area contributed by atoms with E-state index in [9.17, 15) is 0 Å². The molecule has 0 spiro atoms. The minimum Gasteiger partial charge on any atom is -0.449 e. The quantitative estimate of drug-likeness (QED) is 0.352. The molecule has 0 aromatic carbocycles. The van der Waals surface area contributed by atoms with Gasteiger partial charge in [0.2, 0.25) is 0 Å². The third-order valence-electron chi connectivity index (χ3n) is 1.40. The van der Waals surface area contributed by atoms with E-state index in [1.165, 1.54) is 12.4 Å². The summed E-state index contributed by atoms with van der Waals surface area (Å²) in [5.41, 5.74) is 10.4. The van der Waals surface area contributed by atoms with Crippen LogP contribution in [0.1, 0.15) is 5.82 Å². The van der Waals surface area contributed by atoms with E-state index in [0.717, 1.165) is 6.20 Å². The Labute approximate surface area is 81.1 Å². The number of nitrogens with two attached hydrogens (primary N) is 2. The van der Waals surface area contributed by atoms with Crippen LogP contribution in [-0.2, 0) is 0 Å².